The van der Waals surface area contributed by atoms with Crippen molar-refractivity contribution in [1.82, 2.24) is 20.7 Å². The number of likely N-dealkylation sites (tertiary alicyclic amines) is 1. The zero-order chi connectivity index (χ0) is 20.1. The van der Waals surface area contributed by atoms with E-state index in [9.17, 15) is 14.4 Å². The number of aryl methyl sites for hydroxylation is 1. The first-order chi connectivity index (χ1) is 13.5. The third-order valence-electron chi connectivity index (χ3n) is 4.88. The van der Waals surface area contributed by atoms with E-state index in [1.165, 1.54) is 23.8 Å². The molecule has 0 saturated carbocycles. The number of thiazole rings is 1. The smallest absolute Gasteiger partial charge is 0.289 e. The van der Waals surface area contributed by atoms with Crippen LogP contribution >= 0.6 is 11.3 Å². The number of nitrogens with one attached hydrogen (secondary N) is 2. The largest absolute Gasteiger partial charge is 0.342 e. The molecule has 148 valence electrons. The highest BCUT2D eigenvalue weighted by Gasteiger charge is 2.27. The average molecular weight is 401 g/mol. The van der Waals surface area contributed by atoms with Gasteiger partial charge in [0.25, 0.3) is 5.91 Å². The maximum atomic E-state index is 12.3. The second-order valence-electron chi connectivity index (χ2n) is 6.84. The fourth-order valence-corrected chi connectivity index (χ4v) is 3.96. The number of aromatic nitrogens is 1. The molecule has 3 amide bonds. The first-order valence-electron chi connectivity index (χ1n) is 9.38. The molecule has 0 bridgehead atoms. The van der Waals surface area contributed by atoms with Crippen LogP contribution < -0.4 is 10.9 Å². The van der Waals surface area contributed by atoms with Crippen molar-refractivity contribution in [3.8, 4) is 10.6 Å². The van der Waals surface area contributed by atoms with E-state index in [1.807, 2.05) is 24.3 Å². The first kappa shape index (κ1) is 20.0. The van der Waals surface area contributed by atoms with E-state index < -0.39 is 5.91 Å². The minimum Gasteiger partial charge on any atom is -0.342 e. The Labute approximate surface area is 168 Å². The van der Waals surface area contributed by atoms with Crippen LogP contribution in [0.5, 0.6) is 0 Å². The Kier molecular flexibility index (Phi) is 6.41. The molecule has 0 aliphatic carbocycles. The van der Waals surface area contributed by atoms with Crippen LogP contribution in [0.3, 0.4) is 0 Å². The highest BCUT2D eigenvalue weighted by atomic mass is 32.1. The molecule has 28 heavy (non-hydrogen) atoms. The summed E-state index contributed by atoms with van der Waals surface area (Å²) in [4.78, 5) is 42.1. The Morgan fingerprint density at radius 1 is 1.21 bits per heavy atom. The first-order valence-corrected chi connectivity index (χ1v) is 10.3. The number of carbonyl (C=O) groups excluding carboxylic acids is 3. The summed E-state index contributed by atoms with van der Waals surface area (Å²) in [6.45, 7) is 4.65. The molecule has 1 atom stereocenters. The normalized spacial score (nSPS) is 16.5. The van der Waals surface area contributed by atoms with Crippen LogP contribution in [0.1, 0.15) is 42.7 Å². The van der Waals surface area contributed by atoms with E-state index in [2.05, 4.69) is 22.8 Å². The summed E-state index contributed by atoms with van der Waals surface area (Å²) < 4.78 is 0. The van der Waals surface area contributed by atoms with Crippen LogP contribution in [0.4, 0.5) is 0 Å². The molecule has 1 saturated heterocycles. The average Bonchev–Trinajstić information content (AvgIpc) is 3.22. The van der Waals surface area contributed by atoms with Gasteiger partial charge in [0.15, 0.2) is 0 Å². The van der Waals surface area contributed by atoms with E-state index in [1.54, 1.807) is 10.3 Å². The maximum Gasteiger partial charge on any atom is 0.289 e. The Hall–Kier alpha value is -2.74. The van der Waals surface area contributed by atoms with Crippen LogP contribution in [0, 0.1) is 5.92 Å². The second-order valence-corrected chi connectivity index (χ2v) is 7.69. The molecule has 8 heteroatoms. The van der Waals surface area contributed by atoms with E-state index in [0.717, 1.165) is 23.4 Å². The number of rotatable bonds is 4. The highest BCUT2D eigenvalue weighted by molar-refractivity contribution is 7.13. The lowest BCUT2D eigenvalue weighted by molar-refractivity contribution is -0.134. The molecule has 1 aliphatic heterocycles. The summed E-state index contributed by atoms with van der Waals surface area (Å²) in [6, 6.07) is 8.08. The number of benzene rings is 1. The predicted octanol–water partition coefficient (Wildman–Crippen LogP) is 2.39. The predicted molar refractivity (Wildman–Crippen MR) is 108 cm³/mol. The van der Waals surface area contributed by atoms with Gasteiger partial charge in [0, 0.05) is 31.0 Å². The van der Waals surface area contributed by atoms with Gasteiger partial charge >= 0.3 is 0 Å². The molecule has 2 heterocycles. The van der Waals surface area contributed by atoms with Gasteiger partial charge in [0.05, 0.1) is 5.92 Å². The number of nitrogens with zero attached hydrogens (tertiary/aromatic N) is 2. The van der Waals surface area contributed by atoms with Gasteiger partial charge in [-0.3, -0.25) is 25.2 Å². The van der Waals surface area contributed by atoms with E-state index in [0.29, 0.717) is 19.5 Å². The molecular formula is C20H24N4O3S. The highest BCUT2D eigenvalue weighted by Crippen LogP contribution is 2.24. The van der Waals surface area contributed by atoms with Crippen molar-refractivity contribution >= 4 is 29.1 Å². The third-order valence-corrected chi connectivity index (χ3v) is 5.77. The van der Waals surface area contributed by atoms with Crippen LogP contribution in [0.15, 0.2) is 29.6 Å². The van der Waals surface area contributed by atoms with Crippen molar-refractivity contribution in [2.45, 2.75) is 33.1 Å². The summed E-state index contributed by atoms with van der Waals surface area (Å²) in [5.41, 5.74) is 7.34. The molecule has 3 rings (SSSR count). The summed E-state index contributed by atoms with van der Waals surface area (Å²) in [6.07, 6.45) is 2.44. The number of amides is 3. The van der Waals surface area contributed by atoms with Gasteiger partial charge in [0.1, 0.15) is 10.7 Å². The molecule has 1 aliphatic rings. The summed E-state index contributed by atoms with van der Waals surface area (Å²) in [7, 11) is 0. The fraction of sp³-hybridized carbons (Fsp3) is 0.400. The lowest BCUT2D eigenvalue weighted by Gasteiger charge is -2.31. The van der Waals surface area contributed by atoms with Crippen molar-refractivity contribution in [1.29, 1.82) is 0 Å². The molecule has 1 fully saturated rings. The van der Waals surface area contributed by atoms with Gasteiger partial charge < -0.3 is 4.90 Å². The Bertz CT molecular complexity index is 863. The van der Waals surface area contributed by atoms with Gasteiger partial charge in [-0.15, -0.1) is 11.3 Å². The third kappa shape index (κ3) is 4.75. The molecule has 0 spiro atoms. The maximum absolute atomic E-state index is 12.3. The van der Waals surface area contributed by atoms with Gasteiger partial charge in [0.2, 0.25) is 11.8 Å². The van der Waals surface area contributed by atoms with E-state index in [4.69, 9.17) is 0 Å². The minimum absolute atomic E-state index is 0.0384. The molecule has 0 radical (unpaired) electrons. The van der Waals surface area contributed by atoms with Crippen LogP contribution in [-0.4, -0.2) is 40.7 Å². The monoisotopic (exact) mass is 400 g/mol. The van der Waals surface area contributed by atoms with Crippen molar-refractivity contribution < 1.29 is 14.4 Å². The molecule has 1 aromatic carbocycles. The summed E-state index contributed by atoms with van der Waals surface area (Å²) in [5, 5.41) is 2.42. The standard InChI is InChI=1S/C20H24N4O3S/c1-3-14-6-8-15(9-7-14)20-21-17(12-28-20)19(27)23-22-18(26)16-5-4-10-24(11-16)13(2)25/h6-9,12,16H,3-5,10-11H2,1-2H3,(H,22,26)(H,23,27)/t16-/m1/s1. The molecule has 2 aromatic rings. The van der Waals surface area contributed by atoms with Crippen molar-refractivity contribution in [3.05, 3.63) is 40.9 Å². The summed E-state index contributed by atoms with van der Waals surface area (Å²) >= 11 is 1.38. The van der Waals surface area contributed by atoms with Crippen LogP contribution in [-0.2, 0) is 16.0 Å². The Balaban J connectivity index is 1.55. The minimum atomic E-state index is -0.458. The molecule has 1 aromatic heterocycles. The Morgan fingerprint density at radius 3 is 2.64 bits per heavy atom. The van der Waals surface area contributed by atoms with Gasteiger partial charge in [-0.2, -0.15) is 0 Å². The number of carbonyl (C=O) groups is 3. The molecule has 7 nitrogen and oxygen atoms in total. The topological polar surface area (TPSA) is 91.4 Å². The van der Waals surface area contributed by atoms with Gasteiger partial charge in [-0.05, 0) is 24.8 Å². The molecule has 0 unspecified atom stereocenters. The van der Waals surface area contributed by atoms with Crippen molar-refractivity contribution in [3.63, 3.8) is 0 Å². The zero-order valence-electron chi connectivity index (χ0n) is 16.0. The van der Waals surface area contributed by atoms with E-state index >= 15 is 0 Å². The van der Waals surface area contributed by atoms with Gasteiger partial charge in [-0.1, -0.05) is 31.2 Å². The number of hydrogen-bond donors (Lipinski definition) is 2. The molecular weight excluding hydrogens is 376 g/mol. The van der Waals surface area contributed by atoms with Gasteiger partial charge in [-0.25, -0.2) is 4.98 Å². The Morgan fingerprint density at radius 2 is 1.96 bits per heavy atom. The number of piperidine rings is 1. The SMILES string of the molecule is CCc1ccc(-c2nc(C(=O)NNC(=O)[C@@H]3CCCN(C(C)=O)C3)cs2)cc1. The quantitative estimate of drug-likeness (QED) is 0.771. The van der Waals surface area contributed by atoms with Crippen molar-refractivity contribution in [2.24, 2.45) is 5.92 Å². The van der Waals surface area contributed by atoms with Crippen LogP contribution in [0.2, 0.25) is 0 Å². The fourth-order valence-electron chi connectivity index (χ4n) is 3.16. The number of hydrogen-bond acceptors (Lipinski definition) is 5. The van der Waals surface area contributed by atoms with Crippen molar-refractivity contribution in [2.75, 3.05) is 13.1 Å². The number of hydrazine groups is 1. The lowest BCUT2D eigenvalue weighted by atomic mass is 9.97. The summed E-state index contributed by atoms with van der Waals surface area (Å²) in [5.74, 6) is -1.10. The molecule has 2 N–H and O–H groups in total. The second kappa shape index (κ2) is 8.97. The zero-order valence-corrected chi connectivity index (χ0v) is 16.8. The van der Waals surface area contributed by atoms with E-state index in [-0.39, 0.29) is 23.4 Å². The lowest BCUT2D eigenvalue weighted by Crippen LogP contribution is -2.49. The van der Waals surface area contributed by atoms with Crippen LogP contribution in [0.25, 0.3) is 10.6 Å².